The lowest BCUT2D eigenvalue weighted by molar-refractivity contribution is 0.575. The Bertz CT molecular complexity index is 557. The van der Waals surface area contributed by atoms with Gasteiger partial charge in [-0.25, -0.2) is 13.1 Å². The first kappa shape index (κ1) is 16.4. The fourth-order valence-electron chi connectivity index (χ4n) is 2.16. The zero-order valence-corrected chi connectivity index (χ0v) is 15.0. The van der Waals surface area contributed by atoms with Crippen molar-refractivity contribution in [2.75, 3.05) is 6.54 Å². The van der Waals surface area contributed by atoms with Crippen LogP contribution in [0.25, 0.3) is 0 Å². The second-order valence-electron chi connectivity index (χ2n) is 5.16. The molecular formula is C13H21BrN2O2S2. The van der Waals surface area contributed by atoms with E-state index in [-0.39, 0.29) is 6.04 Å². The summed E-state index contributed by atoms with van der Waals surface area (Å²) < 4.78 is 28.2. The first-order chi connectivity index (χ1) is 9.47. The Balaban J connectivity index is 2.03. The average molecular weight is 381 g/mol. The van der Waals surface area contributed by atoms with Crippen LogP contribution in [0.3, 0.4) is 0 Å². The summed E-state index contributed by atoms with van der Waals surface area (Å²) in [6.07, 6.45) is 3.06. The standard InChI is InChI=1S/C13H21BrN2O2S2/c1-3-5-15-8-10-7-12(13(14)19-10)20(17,18)16-11-6-9(11)4-2/h7,9,11,15-16H,3-6,8H2,1-2H3. The fourth-order valence-corrected chi connectivity index (χ4v) is 6.13. The van der Waals surface area contributed by atoms with Gasteiger partial charge in [-0.05, 0) is 47.3 Å². The Morgan fingerprint density at radius 3 is 2.80 bits per heavy atom. The number of rotatable bonds is 8. The van der Waals surface area contributed by atoms with Crippen LogP contribution in [0.2, 0.25) is 0 Å². The SMILES string of the molecule is CCCNCc1cc(S(=O)(=O)NC2CC2CC)c(Br)s1. The maximum absolute atomic E-state index is 12.4. The molecule has 0 saturated heterocycles. The van der Waals surface area contributed by atoms with Crippen LogP contribution in [0.5, 0.6) is 0 Å². The number of hydrogen-bond donors (Lipinski definition) is 2. The van der Waals surface area contributed by atoms with Crippen LogP contribution < -0.4 is 10.0 Å². The molecule has 0 spiro atoms. The van der Waals surface area contributed by atoms with Gasteiger partial charge in [0.25, 0.3) is 0 Å². The molecule has 2 rings (SSSR count). The molecule has 0 aliphatic heterocycles. The maximum atomic E-state index is 12.4. The highest BCUT2D eigenvalue weighted by atomic mass is 79.9. The maximum Gasteiger partial charge on any atom is 0.242 e. The second-order valence-corrected chi connectivity index (χ2v) is 9.30. The third-order valence-corrected chi connectivity index (χ3v) is 7.22. The van der Waals surface area contributed by atoms with Gasteiger partial charge >= 0.3 is 0 Å². The van der Waals surface area contributed by atoms with Gasteiger partial charge in [-0.1, -0.05) is 20.3 Å². The molecule has 2 unspecified atom stereocenters. The van der Waals surface area contributed by atoms with Crippen molar-refractivity contribution < 1.29 is 8.42 Å². The molecule has 1 heterocycles. The highest BCUT2D eigenvalue weighted by molar-refractivity contribution is 9.11. The lowest BCUT2D eigenvalue weighted by Crippen LogP contribution is -2.27. The minimum atomic E-state index is -3.39. The van der Waals surface area contributed by atoms with Crippen LogP contribution in [0.4, 0.5) is 0 Å². The zero-order chi connectivity index (χ0) is 14.8. The monoisotopic (exact) mass is 380 g/mol. The largest absolute Gasteiger partial charge is 0.312 e. The van der Waals surface area contributed by atoms with Crippen molar-refractivity contribution in [1.29, 1.82) is 0 Å². The molecule has 1 saturated carbocycles. The Labute approximate surface area is 133 Å². The van der Waals surface area contributed by atoms with Gasteiger partial charge < -0.3 is 5.32 Å². The Kier molecular flexibility index (Phi) is 5.64. The summed E-state index contributed by atoms with van der Waals surface area (Å²) in [5, 5.41) is 3.29. The van der Waals surface area contributed by atoms with Crippen LogP contribution in [-0.4, -0.2) is 21.0 Å². The molecule has 7 heteroatoms. The highest BCUT2D eigenvalue weighted by Crippen LogP contribution is 2.37. The van der Waals surface area contributed by atoms with E-state index in [1.165, 1.54) is 11.3 Å². The van der Waals surface area contributed by atoms with E-state index in [1.54, 1.807) is 6.07 Å². The Morgan fingerprint density at radius 1 is 1.45 bits per heavy atom. The Morgan fingerprint density at radius 2 is 2.20 bits per heavy atom. The van der Waals surface area contributed by atoms with E-state index in [4.69, 9.17) is 0 Å². The van der Waals surface area contributed by atoms with Crippen molar-refractivity contribution >= 4 is 37.3 Å². The molecule has 114 valence electrons. The summed E-state index contributed by atoms with van der Waals surface area (Å²) in [5.74, 6) is 0.507. The molecule has 0 aromatic carbocycles. The second kappa shape index (κ2) is 6.87. The quantitative estimate of drug-likeness (QED) is 0.681. The van der Waals surface area contributed by atoms with Crippen LogP contribution >= 0.6 is 27.3 Å². The molecule has 0 amide bonds. The van der Waals surface area contributed by atoms with Crippen LogP contribution in [0, 0.1) is 5.92 Å². The summed E-state index contributed by atoms with van der Waals surface area (Å²) >= 11 is 4.86. The van der Waals surface area contributed by atoms with Gasteiger partial charge in [0.15, 0.2) is 0 Å². The van der Waals surface area contributed by atoms with Crippen molar-refractivity contribution in [2.45, 2.75) is 50.6 Å². The smallest absolute Gasteiger partial charge is 0.242 e. The van der Waals surface area contributed by atoms with Gasteiger partial charge in [0.2, 0.25) is 10.0 Å². The zero-order valence-electron chi connectivity index (χ0n) is 11.8. The van der Waals surface area contributed by atoms with Gasteiger partial charge in [-0.2, -0.15) is 0 Å². The molecule has 1 aliphatic carbocycles. The molecule has 0 radical (unpaired) electrons. The molecule has 1 fully saturated rings. The molecule has 1 aromatic rings. The predicted octanol–water partition coefficient (Wildman–Crippen LogP) is 3.09. The van der Waals surface area contributed by atoms with Gasteiger partial charge in [-0.15, -0.1) is 11.3 Å². The third kappa shape index (κ3) is 4.04. The predicted molar refractivity (Wildman–Crippen MR) is 86.5 cm³/mol. The lowest BCUT2D eigenvalue weighted by atomic mass is 10.3. The lowest BCUT2D eigenvalue weighted by Gasteiger charge is -2.04. The number of hydrogen-bond acceptors (Lipinski definition) is 4. The number of thiophene rings is 1. The molecule has 0 bridgehead atoms. The van der Waals surface area contributed by atoms with E-state index < -0.39 is 10.0 Å². The average Bonchev–Trinajstić information content (AvgIpc) is 3.01. The fraction of sp³-hybridized carbons (Fsp3) is 0.692. The molecule has 4 nitrogen and oxygen atoms in total. The summed E-state index contributed by atoms with van der Waals surface area (Å²) in [6, 6.07) is 1.89. The van der Waals surface area contributed by atoms with E-state index >= 15 is 0 Å². The van der Waals surface area contributed by atoms with Crippen LogP contribution in [-0.2, 0) is 16.6 Å². The molecular weight excluding hydrogens is 360 g/mol. The van der Waals surface area contributed by atoms with E-state index in [0.717, 1.165) is 30.7 Å². The number of nitrogens with one attached hydrogen (secondary N) is 2. The van der Waals surface area contributed by atoms with Gasteiger partial charge in [0.05, 0.1) is 3.79 Å². The number of sulfonamides is 1. The topological polar surface area (TPSA) is 58.2 Å². The summed E-state index contributed by atoms with van der Waals surface area (Å²) in [5.41, 5.74) is 0. The van der Waals surface area contributed by atoms with E-state index in [9.17, 15) is 8.42 Å². The molecule has 1 aliphatic rings. The van der Waals surface area contributed by atoms with Crippen LogP contribution in [0.1, 0.15) is 38.0 Å². The van der Waals surface area contributed by atoms with Gasteiger partial charge in [0, 0.05) is 17.5 Å². The van der Waals surface area contributed by atoms with Crippen molar-refractivity contribution in [3.63, 3.8) is 0 Å². The highest BCUT2D eigenvalue weighted by Gasteiger charge is 2.39. The molecule has 1 aromatic heterocycles. The number of halogens is 1. The minimum Gasteiger partial charge on any atom is -0.312 e. The third-order valence-electron chi connectivity index (χ3n) is 3.48. The molecule has 2 N–H and O–H groups in total. The normalized spacial score (nSPS) is 22.1. The first-order valence-electron chi connectivity index (χ1n) is 6.99. The van der Waals surface area contributed by atoms with Crippen molar-refractivity contribution in [2.24, 2.45) is 5.92 Å². The summed E-state index contributed by atoms with van der Waals surface area (Å²) in [4.78, 5) is 1.41. The van der Waals surface area contributed by atoms with E-state index in [1.807, 2.05) is 0 Å². The minimum absolute atomic E-state index is 0.124. The van der Waals surface area contributed by atoms with Crippen molar-refractivity contribution in [1.82, 2.24) is 10.0 Å². The van der Waals surface area contributed by atoms with E-state index in [2.05, 4.69) is 39.8 Å². The van der Waals surface area contributed by atoms with Gasteiger partial charge in [0.1, 0.15) is 4.90 Å². The molecule has 2 atom stereocenters. The first-order valence-corrected chi connectivity index (χ1v) is 10.1. The van der Waals surface area contributed by atoms with Crippen molar-refractivity contribution in [3.05, 3.63) is 14.7 Å². The van der Waals surface area contributed by atoms with Crippen LogP contribution in [0.15, 0.2) is 14.7 Å². The van der Waals surface area contributed by atoms with Crippen molar-refractivity contribution in [3.8, 4) is 0 Å². The summed E-state index contributed by atoms with van der Waals surface area (Å²) in [7, 11) is -3.39. The van der Waals surface area contributed by atoms with E-state index in [0.29, 0.717) is 21.1 Å². The van der Waals surface area contributed by atoms with Gasteiger partial charge in [-0.3, -0.25) is 0 Å². The molecule has 20 heavy (non-hydrogen) atoms. The summed E-state index contributed by atoms with van der Waals surface area (Å²) in [6.45, 7) is 5.86. The Hall–Kier alpha value is 0.0500.